The molecule has 246 valence electrons. The van der Waals surface area contributed by atoms with E-state index >= 15 is 0 Å². The van der Waals surface area contributed by atoms with Crippen LogP contribution in [0.1, 0.15) is 26.3 Å². The first-order valence-electron chi connectivity index (χ1n) is 18.3. The van der Waals surface area contributed by atoms with Crippen LogP contribution in [0.2, 0.25) is 0 Å². The third kappa shape index (κ3) is 4.06. The summed E-state index contributed by atoms with van der Waals surface area (Å²) < 4.78 is 4.89. The first-order valence-corrected chi connectivity index (χ1v) is 18.3. The average Bonchev–Trinajstić information content (AvgIpc) is 3.81. The van der Waals surface area contributed by atoms with Crippen LogP contribution in [0.15, 0.2) is 164 Å². The lowest BCUT2D eigenvalue weighted by Crippen LogP contribution is -2.10. The molecule has 52 heavy (non-hydrogen) atoms. The molecule has 0 saturated carbocycles. The molecule has 2 heterocycles. The Balaban J connectivity index is 1.09. The van der Waals surface area contributed by atoms with E-state index in [1.54, 1.807) is 0 Å². The molecule has 10 aromatic rings. The molecule has 0 aliphatic heterocycles. The molecule has 0 atom stereocenters. The Labute approximate surface area is 302 Å². The van der Waals surface area contributed by atoms with Crippen molar-refractivity contribution in [3.05, 3.63) is 169 Å². The van der Waals surface area contributed by atoms with Crippen molar-refractivity contribution in [2.45, 2.75) is 26.2 Å². The van der Waals surface area contributed by atoms with Crippen molar-refractivity contribution >= 4 is 54.4 Å². The zero-order valence-electron chi connectivity index (χ0n) is 29.5. The van der Waals surface area contributed by atoms with Gasteiger partial charge in [0.1, 0.15) is 0 Å². The largest absolute Gasteiger partial charge is 0.309 e. The summed E-state index contributed by atoms with van der Waals surface area (Å²) in [4.78, 5) is 0. The Hall–Kier alpha value is -6.38. The smallest absolute Gasteiger partial charge is 0.0541 e. The lowest BCUT2D eigenvalue weighted by molar-refractivity contribution is 0.590. The van der Waals surface area contributed by atoms with Crippen LogP contribution >= 0.6 is 0 Å². The van der Waals surface area contributed by atoms with E-state index in [9.17, 15) is 0 Å². The standard InChI is InChI=1S/C50H36N2/c1-50(2,3)33-21-23-34(24-22-33)51-44-17-8-6-13-37(44)42-29-31(19-26-47(42)51)32-20-27-48-43(30-32)38-14-7-9-18-45(38)52(48)46-28-25-40-36-12-5-4-11-35(36)39-15-10-16-41(46)49(39)40/h4-30H,1-3H3. The summed E-state index contributed by atoms with van der Waals surface area (Å²) in [6, 6.07) is 61.0. The molecule has 11 rings (SSSR count). The second-order valence-electron chi connectivity index (χ2n) is 15.4. The van der Waals surface area contributed by atoms with E-state index < -0.39 is 0 Å². The fraction of sp³-hybridized carbons (Fsp3) is 0.0800. The highest BCUT2D eigenvalue weighted by molar-refractivity contribution is 6.19. The van der Waals surface area contributed by atoms with Crippen molar-refractivity contribution in [1.82, 2.24) is 9.13 Å². The Morgan fingerprint density at radius 2 is 0.865 bits per heavy atom. The molecule has 1 aliphatic rings. The van der Waals surface area contributed by atoms with Gasteiger partial charge in [-0.2, -0.15) is 0 Å². The molecule has 8 aromatic carbocycles. The zero-order valence-corrected chi connectivity index (χ0v) is 29.5. The second-order valence-corrected chi connectivity index (χ2v) is 15.4. The van der Waals surface area contributed by atoms with Crippen LogP contribution in [0.3, 0.4) is 0 Å². The number of hydrogen-bond acceptors (Lipinski definition) is 0. The van der Waals surface area contributed by atoms with Crippen LogP contribution in [-0.2, 0) is 5.41 Å². The molecule has 0 amide bonds. The van der Waals surface area contributed by atoms with Crippen LogP contribution in [0, 0.1) is 0 Å². The quantitative estimate of drug-likeness (QED) is 0.178. The summed E-state index contributed by atoms with van der Waals surface area (Å²) >= 11 is 0. The van der Waals surface area contributed by atoms with E-state index in [1.807, 2.05) is 0 Å². The highest BCUT2D eigenvalue weighted by Crippen LogP contribution is 2.49. The van der Waals surface area contributed by atoms with E-state index in [-0.39, 0.29) is 5.41 Å². The summed E-state index contributed by atoms with van der Waals surface area (Å²) in [6.45, 7) is 6.81. The third-order valence-corrected chi connectivity index (χ3v) is 11.4. The first kappa shape index (κ1) is 29.4. The predicted octanol–water partition coefficient (Wildman–Crippen LogP) is 13.6. The minimum Gasteiger partial charge on any atom is -0.309 e. The summed E-state index contributed by atoms with van der Waals surface area (Å²) in [5, 5.41) is 7.70. The molecule has 0 fully saturated rings. The second kappa shape index (κ2) is 10.6. The molecule has 0 bridgehead atoms. The summed E-state index contributed by atoms with van der Waals surface area (Å²) in [5.74, 6) is 0. The molecule has 2 heteroatoms. The maximum atomic E-state index is 2.47. The van der Waals surface area contributed by atoms with Crippen molar-refractivity contribution < 1.29 is 0 Å². The van der Waals surface area contributed by atoms with Gasteiger partial charge in [0.25, 0.3) is 0 Å². The zero-order chi connectivity index (χ0) is 34.7. The van der Waals surface area contributed by atoms with Crippen LogP contribution in [0.25, 0.3) is 99.1 Å². The van der Waals surface area contributed by atoms with Gasteiger partial charge in [0.2, 0.25) is 0 Å². The fourth-order valence-electron chi connectivity index (χ4n) is 8.94. The molecule has 1 aliphatic carbocycles. The fourth-order valence-corrected chi connectivity index (χ4v) is 8.94. The predicted molar refractivity (Wildman–Crippen MR) is 221 cm³/mol. The van der Waals surface area contributed by atoms with Crippen molar-refractivity contribution in [3.63, 3.8) is 0 Å². The van der Waals surface area contributed by atoms with Gasteiger partial charge in [-0.1, -0.05) is 130 Å². The maximum Gasteiger partial charge on any atom is 0.0541 e. The molecular formula is C50H36N2. The molecular weight excluding hydrogens is 629 g/mol. The minimum absolute atomic E-state index is 0.115. The Morgan fingerprint density at radius 3 is 1.50 bits per heavy atom. The monoisotopic (exact) mass is 664 g/mol. The van der Waals surface area contributed by atoms with Crippen molar-refractivity contribution in [1.29, 1.82) is 0 Å². The molecule has 0 radical (unpaired) electrons. The van der Waals surface area contributed by atoms with Crippen molar-refractivity contribution in [2.24, 2.45) is 0 Å². The van der Waals surface area contributed by atoms with E-state index in [4.69, 9.17) is 0 Å². The van der Waals surface area contributed by atoms with E-state index in [1.165, 1.54) is 105 Å². The highest BCUT2D eigenvalue weighted by atomic mass is 15.0. The van der Waals surface area contributed by atoms with Gasteiger partial charge in [-0.05, 0) is 104 Å². The van der Waals surface area contributed by atoms with Gasteiger partial charge in [0.15, 0.2) is 0 Å². The third-order valence-electron chi connectivity index (χ3n) is 11.4. The van der Waals surface area contributed by atoms with Gasteiger partial charge in [0.05, 0.1) is 27.8 Å². The molecule has 0 N–H and O–H groups in total. The van der Waals surface area contributed by atoms with Gasteiger partial charge >= 0.3 is 0 Å². The number of fused-ring (bicyclic) bond motifs is 9. The number of hydrogen-bond donors (Lipinski definition) is 0. The van der Waals surface area contributed by atoms with Gasteiger partial charge in [-0.25, -0.2) is 0 Å². The molecule has 0 spiro atoms. The number of nitrogens with zero attached hydrogens (tertiary/aromatic N) is 2. The van der Waals surface area contributed by atoms with Crippen LogP contribution in [0.5, 0.6) is 0 Å². The average molecular weight is 665 g/mol. The summed E-state index contributed by atoms with van der Waals surface area (Å²) in [5.41, 5.74) is 16.5. The Morgan fingerprint density at radius 1 is 0.365 bits per heavy atom. The minimum atomic E-state index is 0.115. The van der Waals surface area contributed by atoms with Crippen molar-refractivity contribution in [3.8, 4) is 44.8 Å². The van der Waals surface area contributed by atoms with Gasteiger partial charge < -0.3 is 9.13 Å². The van der Waals surface area contributed by atoms with E-state index in [2.05, 4.69) is 194 Å². The molecule has 2 aromatic heterocycles. The molecule has 0 unspecified atom stereocenters. The molecule has 0 saturated heterocycles. The molecule has 2 nitrogen and oxygen atoms in total. The number of para-hydroxylation sites is 2. The van der Waals surface area contributed by atoms with E-state index in [0.717, 1.165) is 0 Å². The summed E-state index contributed by atoms with van der Waals surface area (Å²) in [6.07, 6.45) is 0. The lowest BCUT2D eigenvalue weighted by Gasteiger charge is -2.19. The van der Waals surface area contributed by atoms with Gasteiger partial charge in [0, 0.05) is 32.6 Å². The Bertz CT molecular complexity index is 3060. The van der Waals surface area contributed by atoms with Gasteiger partial charge in [-0.3, -0.25) is 0 Å². The maximum absolute atomic E-state index is 2.47. The van der Waals surface area contributed by atoms with Crippen LogP contribution < -0.4 is 0 Å². The van der Waals surface area contributed by atoms with E-state index in [0.29, 0.717) is 0 Å². The number of rotatable bonds is 3. The van der Waals surface area contributed by atoms with Gasteiger partial charge in [-0.15, -0.1) is 0 Å². The normalized spacial score (nSPS) is 12.5. The van der Waals surface area contributed by atoms with Crippen LogP contribution in [0.4, 0.5) is 0 Å². The number of benzene rings is 8. The SMILES string of the molecule is CC(C)(C)c1ccc(-n2c3ccccc3c3cc(-c4ccc5c(c4)c4ccccc4n5-c4ccc5c6c(cccc46)-c4ccccc4-5)ccc32)cc1. The van der Waals surface area contributed by atoms with Crippen molar-refractivity contribution in [2.75, 3.05) is 0 Å². The highest BCUT2D eigenvalue weighted by Gasteiger charge is 2.24. The van der Waals surface area contributed by atoms with Crippen LogP contribution in [-0.4, -0.2) is 9.13 Å². The Kier molecular flexibility index (Phi) is 5.97. The first-order chi connectivity index (χ1) is 25.4. The number of aromatic nitrogens is 2. The summed E-state index contributed by atoms with van der Waals surface area (Å²) in [7, 11) is 0. The lowest BCUT2D eigenvalue weighted by atomic mass is 9.87. The topological polar surface area (TPSA) is 9.86 Å².